The fraction of sp³-hybridized carbons (Fsp3) is 0.545. The van der Waals surface area contributed by atoms with Crippen molar-refractivity contribution in [2.45, 2.75) is 25.8 Å². The summed E-state index contributed by atoms with van der Waals surface area (Å²) < 4.78 is 0. The standard InChI is InChI=1S/C11H14ClN3OS/c1-7-13-6-9(12)10(14-7)11(16)15-8-2-4-17-5-3-8/h6,8H,2-5H2,1H3,(H,15,16). The summed E-state index contributed by atoms with van der Waals surface area (Å²) >= 11 is 7.84. The van der Waals surface area contributed by atoms with Gasteiger partial charge in [-0.25, -0.2) is 9.97 Å². The van der Waals surface area contributed by atoms with E-state index in [2.05, 4.69) is 15.3 Å². The van der Waals surface area contributed by atoms with E-state index in [-0.39, 0.29) is 17.6 Å². The predicted octanol–water partition coefficient (Wildman–Crippen LogP) is 2.06. The van der Waals surface area contributed by atoms with Crippen LogP contribution in [0.2, 0.25) is 5.02 Å². The molecule has 1 N–H and O–H groups in total. The molecule has 0 radical (unpaired) electrons. The zero-order chi connectivity index (χ0) is 12.3. The molecule has 0 saturated carbocycles. The maximum atomic E-state index is 12.0. The number of aromatic nitrogens is 2. The second kappa shape index (κ2) is 5.69. The molecular formula is C11H14ClN3OS. The lowest BCUT2D eigenvalue weighted by molar-refractivity contribution is 0.0929. The van der Waals surface area contributed by atoms with Crippen molar-refractivity contribution in [1.82, 2.24) is 15.3 Å². The van der Waals surface area contributed by atoms with Crippen LogP contribution in [0, 0.1) is 6.92 Å². The number of hydrogen-bond donors (Lipinski definition) is 1. The minimum absolute atomic E-state index is 0.197. The van der Waals surface area contributed by atoms with Crippen LogP contribution in [0.25, 0.3) is 0 Å². The molecule has 92 valence electrons. The van der Waals surface area contributed by atoms with Crippen molar-refractivity contribution in [3.8, 4) is 0 Å². The fourth-order valence-corrected chi connectivity index (χ4v) is 2.99. The van der Waals surface area contributed by atoms with Gasteiger partial charge in [0.2, 0.25) is 0 Å². The summed E-state index contributed by atoms with van der Waals surface area (Å²) in [5, 5.41) is 3.28. The quantitative estimate of drug-likeness (QED) is 0.895. The van der Waals surface area contributed by atoms with Gasteiger partial charge in [-0.3, -0.25) is 4.79 Å². The van der Waals surface area contributed by atoms with Crippen LogP contribution >= 0.6 is 23.4 Å². The zero-order valence-corrected chi connectivity index (χ0v) is 11.1. The monoisotopic (exact) mass is 271 g/mol. The Bertz CT molecular complexity index is 421. The van der Waals surface area contributed by atoms with E-state index in [1.807, 2.05) is 11.8 Å². The number of carbonyl (C=O) groups excluding carboxylic acids is 1. The van der Waals surface area contributed by atoms with E-state index in [0.717, 1.165) is 24.3 Å². The largest absolute Gasteiger partial charge is 0.348 e. The Balaban J connectivity index is 2.05. The van der Waals surface area contributed by atoms with E-state index in [9.17, 15) is 4.79 Å². The first kappa shape index (κ1) is 12.6. The minimum atomic E-state index is -0.197. The number of nitrogens with zero attached hydrogens (tertiary/aromatic N) is 2. The molecule has 0 aromatic carbocycles. The molecule has 0 spiro atoms. The van der Waals surface area contributed by atoms with E-state index >= 15 is 0 Å². The Morgan fingerprint density at radius 2 is 2.24 bits per heavy atom. The molecule has 1 aromatic rings. The Morgan fingerprint density at radius 3 is 2.94 bits per heavy atom. The van der Waals surface area contributed by atoms with Crippen molar-refractivity contribution in [3.63, 3.8) is 0 Å². The normalized spacial score (nSPS) is 16.8. The highest BCUT2D eigenvalue weighted by Gasteiger charge is 2.19. The van der Waals surface area contributed by atoms with E-state index in [1.165, 1.54) is 6.20 Å². The Kier molecular flexibility index (Phi) is 4.23. The number of amides is 1. The van der Waals surface area contributed by atoms with Gasteiger partial charge in [-0.1, -0.05) is 11.6 Å². The lowest BCUT2D eigenvalue weighted by atomic mass is 10.1. The van der Waals surface area contributed by atoms with Gasteiger partial charge in [-0.05, 0) is 31.3 Å². The zero-order valence-electron chi connectivity index (χ0n) is 9.57. The summed E-state index contributed by atoms with van der Waals surface area (Å²) in [6.45, 7) is 1.74. The smallest absolute Gasteiger partial charge is 0.271 e. The number of aryl methyl sites for hydroxylation is 1. The lowest BCUT2D eigenvalue weighted by Crippen LogP contribution is -2.38. The highest BCUT2D eigenvalue weighted by molar-refractivity contribution is 7.99. The van der Waals surface area contributed by atoms with Crippen LogP contribution in [0.5, 0.6) is 0 Å². The van der Waals surface area contributed by atoms with Crippen LogP contribution in [0.3, 0.4) is 0 Å². The van der Waals surface area contributed by atoms with Crippen molar-refractivity contribution in [1.29, 1.82) is 0 Å². The molecule has 6 heteroatoms. The summed E-state index contributed by atoms with van der Waals surface area (Å²) in [7, 11) is 0. The Labute approximate surface area is 110 Å². The van der Waals surface area contributed by atoms with Gasteiger partial charge in [0.1, 0.15) is 11.5 Å². The molecule has 1 amide bonds. The van der Waals surface area contributed by atoms with Gasteiger partial charge in [0.05, 0.1) is 11.2 Å². The maximum absolute atomic E-state index is 12.0. The van der Waals surface area contributed by atoms with Gasteiger partial charge in [0.25, 0.3) is 5.91 Å². The molecule has 4 nitrogen and oxygen atoms in total. The first-order chi connectivity index (χ1) is 8.16. The van der Waals surface area contributed by atoms with Crippen molar-refractivity contribution < 1.29 is 4.79 Å². The van der Waals surface area contributed by atoms with Crippen LogP contribution in [0.4, 0.5) is 0 Å². The van der Waals surface area contributed by atoms with Gasteiger partial charge in [-0.15, -0.1) is 0 Å². The Morgan fingerprint density at radius 1 is 1.53 bits per heavy atom. The predicted molar refractivity (Wildman–Crippen MR) is 69.6 cm³/mol. The van der Waals surface area contributed by atoms with E-state index in [1.54, 1.807) is 6.92 Å². The molecule has 17 heavy (non-hydrogen) atoms. The third kappa shape index (κ3) is 3.33. The molecule has 0 aliphatic carbocycles. The van der Waals surface area contributed by atoms with Crippen LogP contribution in [-0.4, -0.2) is 33.4 Å². The van der Waals surface area contributed by atoms with Crippen molar-refractivity contribution >= 4 is 29.3 Å². The van der Waals surface area contributed by atoms with Crippen molar-refractivity contribution in [2.75, 3.05) is 11.5 Å². The molecule has 1 aliphatic heterocycles. The van der Waals surface area contributed by atoms with E-state index in [0.29, 0.717) is 10.8 Å². The topological polar surface area (TPSA) is 54.9 Å². The third-order valence-corrected chi connectivity index (χ3v) is 3.96. The van der Waals surface area contributed by atoms with Crippen LogP contribution in [-0.2, 0) is 0 Å². The lowest BCUT2D eigenvalue weighted by Gasteiger charge is -2.22. The van der Waals surface area contributed by atoms with Crippen molar-refractivity contribution in [2.24, 2.45) is 0 Å². The first-order valence-electron chi connectivity index (χ1n) is 5.54. The summed E-state index contributed by atoms with van der Waals surface area (Å²) in [6.07, 6.45) is 3.49. The molecule has 1 fully saturated rings. The highest BCUT2D eigenvalue weighted by Crippen LogP contribution is 2.18. The number of hydrogen-bond acceptors (Lipinski definition) is 4. The minimum Gasteiger partial charge on any atom is -0.348 e. The average molecular weight is 272 g/mol. The van der Waals surface area contributed by atoms with Gasteiger partial charge in [-0.2, -0.15) is 11.8 Å². The summed E-state index contributed by atoms with van der Waals surface area (Å²) in [5.74, 6) is 2.55. The van der Waals surface area contributed by atoms with Gasteiger partial charge in [0.15, 0.2) is 0 Å². The summed E-state index contributed by atoms with van der Waals surface area (Å²) in [5.41, 5.74) is 0.275. The SMILES string of the molecule is Cc1ncc(Cl)c(C(=O)NC2CCSCC2)n1. The van der Waals surface area contributed by atoms with Gasteiger partial charge < -0.3 is 5.32 Å². The van der Waals surface area contributed by atoms with E-state index in [4.69, 9.17) is 11.6 Å². The second-order valence-corrected chi connectivity index (χ2v) is 5.61. The Hall–Kier alpha value is -0.810. The van der Waals surface area contributed by atoms with Gasteiger partial charge in [0, 0.05) is 6.04 Å². The first-order valence-corrected chi connectivity index (χ1v) is 7.08. The molecule has 0 unspecified atom stereocenters. The van der Waals surface area contributed by atoms with Crippen molar-refractivity contribution in [3.05, 3.63) is 22.7 Å². The summed E-state index contributed by atoms with van der Waals surface area (Å²) in [4.78, 5) is 20.0. The van der Waals surface area contributed by atoms with Crippen LogP contribution in [0.15, 0.2) is 6.20 Å². The molecule has 1 aromatic heterocycles. The maximum Gasteiger partial charge on any atom is 0.271 e. The summed E-state index contributed by atoms with van der Waals surface area (Å²) in [6, 6.07) is 0.245. The molecule has 2 rings (SSSR count). The number of carbonyl (C=O) groups is 1. The van der Waals surface area contributed by atoms with E-state index < -0.39 is 0 Å². The van der Waals surface area contributed by atoms with Crippen LogP contribution < -0.4 is 5.32 Å². The van der Waals surface area contributed by atoms with Gasteiger partial charge >= 0.3 is 0 Å². The fourth-order valence-electron chi connectivity index (χ4n) is 1.71. The third-order valence-electron chi connectivity index (χ3n) is 2.64. The van der Waals surface area contributed by atoms with Crippen LogP contribution in [0.1, 0.15) is 29.2 Å². The molecule has 1 aliphatic rings. The molecule has 0 bridgehead atoms. The molecular weight excluding hydrogens is 258 g/mol. The number of rotatable bonds is 2. The molecule has 0 atom stereocenters. The number of nitrogens with one attached hydrogen (secondary N) is 1. The highest BCUT2D eigenvalue weighted by atomic mass is 35.5. The molecule has 1 saturated heterocycles. The number of thioether (sulfide) groups is 1. The number of halogens is 1. The average Bonchev–Trinajstić information content (AvgIpc) is 2.33. The molecule has 2 heterocycles. The second-order valence-electron chi connectivity index (χ2n) is 3.97.